The predicted molar refractivity (Wildman–Crippen MR) is 64.6 cm³/mol. The Morgan fingerprint density at radius 2 is 1.94 bits per heavy atom. The molecule has 0 spiro atoms. The number of anilines is 1. The van der Waals surface area contributed by atoms with Crippen LogP contribution >= 0.6 is 0 Å². The first-order valence-corrected chi connectivity index (χ1v) is 5.24. The molecule has 0 unspecified atom stereocenters. The standard InChI is InChI=1S/C12H10FN3O2/c13-10-3-1-9(2-4-10)7-14-12-6-5-11(8-15-12)16(17)18/h1-6,8H,7H2,(H,14,15). The Hall–Kier alpha value is -2.50. The fraction of sp³-hybridized carbons (Fsp3) is 0.0833. The predicted octanol–water partition coefficient (Wildman–Crippen LogP) is 2.74. The van der Waals surface area contributed by atoms with Crippen molar-refractivity contribution in [1.82, 2.24) is 4.98 Å². The summed E-state index contributed by atoms with van der Waals surface area (Å²) in [7, 11) is 0. The van der Waals surface area contributed by atoms with Crippen molar-refractivity contribution in [3.05, 3.63) is 64.1 Å². The van der Waals surface area contributed by atoms with Gasteiger partial charge in [-0.15, -0.1) is 0 Å². The minimum atomic E-state index is -0.503. The van der Waals surface area contributed by atoms with Gasteiger partial charge in [0.25, 0.3) is 5.69 Å². The van der Waals surface area contributed by atoms with Gasteiger partial charge < -0.3 is 5.32 Å². The minimum absolute atomic E-state index is 0.0534. The van der Waals surface area contributed by atoms with E-state index in [1.54, 1.807) is 12.1 Å². The molecule has 0 aliphatic heterocycles. The quantitative estimate of drug-likeness (QED) is 0.666. The Balaban J connectivity index is 1.97. The highest BCUT2D eigenvalue weighted by atomic mass is 19.1. The van der Waals surface area contributed by atoms with Crippen molar-refractivity contribution in [3.63, 3.8) is 0 Å². The van der Waals surface area contributed by atoms with Crippen molar-refractivity contribution in [2.75, 3.05) is 5.32 Å². The average Bonchev–Trinajstić information content (AvgIpc) is 2.38. The lowest BCUT2D eigenvalue weighted by Crippen LogP contribution is -2.01. The van der Waals surface area contributed by atoms with Gasteiger partial charge in [0.15, 0.2) is 0 Å². The van der Waals surface area contributed by atoms with E-state index in [2.05, 4.69) is 10.3 Å². The molecule has 1 aromatic heterocycles. The molecular formula is C12H10FN3O2. The first-order valence-electron chi connectivity index (χ1n) is 5.24. The number of rotatable bonds is 4. The molecule has 5 nitrogen and oxygen atoms in total. The number of nitro groups is 1. The van der Waals surface area contributed by atoms with Gasteiger partial charge in [0.1, 0.15) is 17.8 Å². The molecule has 0 amide bonds. The van der Waals surface area contributed by atoms with Gasteiger partial charge in [-0.1, -0.05) is 12.1 Å². The molecule has 1 N–H and O–H groups in total. The third-order valence-corrected chi connectivity index (χ3v) is 2.35. The molecule has 0 radical (unpaired) electrons. The van der Waals surface area contributed by atoms with Crippen LogP contribution in [0, 0.1) is 15.9 Å². The summed E-state index contributed by atoms with van der Waals surface area (Å²) in [5.41, 5.74) is 0.846. The number of benzene rings is 1. The number of hydrogen-bond acceptors (Lipinski definition) is 4. The number of hydrogen-bond donors (Lipinski definition) is 1. The van der Waals surface area contributed by atoms with Crippen LogP contribution in [0.25, 0.3) is 0 Å². The van der Waals surface area contributed by atoms with Crippen LogP contribution in [0.1, 0.15) is 5.56 Å². The lowest BCUT2D eigenvalue weighted by Gasteiger charge is -2.05. The van der Waals surface area contributed by atoms with E-state index in [1.165, 1.54) is 30.5 Å². The highest BCUT2D eigenvalue weighted by Crippen LogP contribution is 2.12. The lowest BCUT2D eigenvalue weighted by molar-refractivity contribution is -0.385. The summed E-state index contributed by atoms with van der Waals surface area (Å²) in [5.74, 6) is 0.247. The van der Waals surface area contributed by atoms with E-state index in [9.17, 15) is 14.5 Å². The van der Waals surface area contributed by atoms with Crippen LogP contribution in [0.5, 0.6) is 0 Å². The second-order valence-corrected chi connectivity index (χ2v) is 3.64. The van der Waals surface area contributed by atoms with Crippen LogP contribution in [0.15, 0.2) is 42.6 Å². The highest BCUT2D eigenvalue weighted by Gasteiger charge is 2.04. The van der Waals surface area contributed by atoms with E-state index in [-0.39, 0.29) is 11.5 Å². The van der Waals surface area contributed by atoms with Gasteiger partial charge in [0.2, 0.25) is 0 Å². The molecule has 0 aliphatic rings. The molecule has 6 heteroatoms. The van der Waals surface area contributed by atoms with Crippen LogP contribution in [0.3, 0.4) is 0 Å². The smallest absolute Gasteiger partial charge is 0.287 e. The minimum Gasteiger partial charge on any atom is -0.366 e. The van der Waals surface area contributed by atoms with Gasteiger partial charge in [-0.2, -0.15) is 0 Å². The van der Waals surface area contributed by atoms with Crippen LogP contribution in [-0.2, 0) is 6.54 Å². The summed E-state index contributed by atoms with van der Waals surface area (Å²) in [6.07, 6.45) is 1.19. The van der Waals surface area contributed by atoms with Gasteiger partial charge in [0.05, 0.1) is 4.92 Å². The van der Waals surface area contributed by atoms with Gasteiger partial charge in [-0.25, -0.2) is 9.37 Å². The van der Waals surface area contributed by atoms with E-state index in [0.717, 1.165) is 5.56 Å². The molecule has 1 aromatic carbocycles. The van der Waals surface area contributed by atoms with E-state index in [4.69, 9.17) is 0 Å². The normalized spacial score (nSPS) is 10.1. The molecule has 1 heterocycles. The van der Waals surface area contributed by atoms with E-state index in [0.29, 0.717) is 12.4 Å². The number of nitrogens with zero attached hydrogens (tertiary/aromatic N) is 2. The Morgan fingerprint density at radius 3 is 2.50 bits per heavy atom. The molecule has 0 fully saturated rings. The number of pyridine rings is 1. The number of nitrogens with one attached hydrogen (secondary N) is 1. The third-order valence-electron chi connectivity index (χ3n) is 2.35. The van der Waals surface area contributed by atoms with Crippen molar-refractivity contribution in [3.8, 4) is 0 Å². The first kappa shape index (κ1) is 12.0. The van der Waals surface area contributed by atoms with Gasteiger partial charge in [0, 0.05) is 12.6 Å². The summed E-state index contributed by atoms with van der Waals surface area (Å²) in [6.45, 7) is 0.477. The van der Waals surface area contributed by atoms with E-state index < -0.39 is 4.92 Å². The first-order chi connectivity index (χ1) is 8.65. The Morgan fingerprint density at radius 1 is 1.22 bits per heavy atom. The van der Waals surface area contributed by atoms with E-state index >= 15 is 0 Å². The maximum absolute atomic E-state index is 12.7. The second-order valence-electron chi connectivity index (χ2n) is 3.64. The third kappa shape index (κ3) is 3.00. The SMILES string of the molecule is O=[N+]([O-])c1ccc(NCc2ccc(F)cc2)nc1. The number of halogens is 1. The lowest BCUT2D eigenvalue weighted by atomic mass is 10.2. The van der Waals surface area contributed by atoms with Crippen molar-refractivity contribution in [1.29, 1.82) is 0 Å². The fourth-order valence-electron chi connectivity index (χ4n) is 1.39. The van der Waals surface area contributed by atoms with Crippen LogP contribution in [0.2, 0.25) is 0 Å². The van der Waals surface area contributed by atoms with Crippen molar-refractivity contribution in [2.45, 2.75) is 6.54 Å². The highest BCUT2D eigenvalue weighted by molar-refractivity contribution is 5.40. The maximum atomic E-state index is 12.7. The molecule has 92 valence electrons. The van der Waals surface area contributed by atoms with Crippen LogP contribution < -0.4 is 5.32 Å². The summed E-state index contributed by atoms with van der Waals surface area (Å²) >= 11 is 0. The topological polar surface area (TPSA) is 68.1 Å². The molecule has 0 bridgehead atoms. The van der Waals surface area contributed by atoms with Crippen LogP contribution in [0.4, 0.5) is 15.9 Å². The Kier molecular flexibility index (Phi) is 3.47. The zero-order valence-corrected chi connectivity index (χ0v) is 9.34. The van der Waals surface area contributed by atoms with Crippen molar-refractivity contribution in [2.24, 2.45) is 0 Å². The van der Waals surface area contributed by atoms with Gasteiger partial charge >= 0.3 is 0 Å². The van der Waals surface area contributed by atoms with Crippen LogP contribution in [-0.4, -0.2) is 9.91 Å². The number of aromatic nitrogens is 1. The molecule has 0 saturated heterocycles. The van der Waals surface area contributed by atoms with Crippen molar-refractivity contribution < 1.29 is 9.31 Å². The van der Waals surface area contributed by atoms with E-state index in [1.807, 2.05) is 0 Å². The molecule has 0 saturated carbocycles. The molecule has 0 atom stereocenters. The Bertz CT molecular complexity index is 540. The summed E-state index contributed by atoms with van der Waals surface area (Å²) in [6, 6.07) is 8.98. The molecule has 2 rings (SSSR count). The molecule has 2 aromatic rings. The monoisotopic (exact) mass is 247 g/mol. The molecular weight excluding hydrogens is 237 g/mol. The zero-order chi connectivity index (χ0) is 13.0. The van der Waals surface area contributed by atoms with Crippen molar-refractivity contribution >= 4 is 11.5 Å². The maximum Gasteiger partial charge on any atom is 0.287 e. The second kappa shape index (κ2) is 5.22. The van der Waals surface area contributed by atoms with Gasteiger partial charge in [-0.05, 0) is 23.8 Å². The zero-order valence-electron chi connectivity index (χ0n) is 9.34. The average molecular weight is 247 g/mol. The fourth-order valence-corrected chi connectivity index (χ4v) is 1.39. The largest absolute Gasteiger partial charge is 0.366 e. The molecule has 0 aliphatic carbocycles. The Labute approximate surface area is 102 Å². The van der Waals surface area contributed by atoms with Gasteiger partial charge in [-0.3, -0.25) is 10.1 Å². The molecule has 18 heavy (non-hydrogen) atoms. The summed E-state index contributed by atoms with van der Waals surface area (Å²) in [4.78, 5) is 13.8. The summed E-state index contributed by atoms with van der Waals surface area (Å²) < 4.78 is 12.7. The summed E-state index contributed by atoms with van der Waals surface area (Å²) in [5, 5.41) is 13.4.